The molecule has 0 saturated heterocycles. The zero-order valence-corrected chi connectivity index (χ0v) is 38.2. The molecule has 0 spiro atoms. The van der Waals surface area contributed by atoms with Gasteiger partial charge in [-0.05, 0) is 71.6 Å². The van der Waals surface area contributed by atoms with Crippen molar-refractivity contribution < 1.29 is 37.3 Å². The molecule has 0 bridgehead atoms. The molecular formula is C68H38N6O. The van der Waals surface area contributed by atoms with Crippen molar-refractivity contribution in [1.29, 1.82) is 10.5 Å². The van der Waals surface area contributed by atoms with Gasteiger partial charge in [-0.3, -0.25) is 0 Å². The maximum Gasteiger partial charge on any atom is 0.160 e. The van der Waals surface area contributed by atoms with Crippen LogP contribution in [0.4, 0.5) is 0 Å². The maximum atomic E-state index is 13.1. The monoisotopic (exact) mass is 978 g/mol. The first-order valence-corrected chi connectivity index (χ1v) is 23.2. The largest absolute Gasteiger partial charge is 0.454 e. The normalized spacial score (nSPS) is 16.5. The third-order valence-electron chi connectivity index (χ3n) is 14.0. The van der Waals surface area contributed by atoms with Crippen molar-refractivity contribution in [2.45, 2.75) is 0 Å². The van der Waals surface area contributed by atoms with Crippen LogP contribution in [0.5, 0.6) is 0 Å². The molecule has 5 heterocycles. The zero-order valence-electron chi connectivity index (χ0n) is 62.2. The molecule has 0 radical (unpaired) electrons. The first kappa shape index (κ1) is 24.2. The summed E-state index contributed by atoms with van der Waals surface area (Å²) >= 11 is 0. The number of para-hydroxylation sites is 7. The smallest absolute Gasteiger partial charge is 0.160 e. The predicted octanol–water partition coefficient (Wildman–Crippen LogP) is 17.4. The molecule has 0 N–H and O–H groups in total. The van der Waals surface area contributed by atoms with Gasteiger partial charge in [0.05, 0.1) is 99.8 Å². The lowest BCUT2D eigenvalue weighted by atomic mass is 9.98. The van der Waals surface area contributed by atoms with Crippen molar-refractivity contribution in [3.8, 4) is 46.0 Å². The van der Waals surface area contributed by atoms with E-state index < -0.39 is 244 Å². The summed E-state index contributed by atoms with van der Waals surface area (Å²) in [5.41, 5.74) is -7.13. The molecule has 0 unspecified atom stereocenters. The highest BCUT2D eigenvalue weighted by atomic mass is 16.3. The van der Waals surface area contributed by atoms with E-state index in [0.29, 0.717) is 32.7 Å². The van der Waals surface area contributed by atoms with Crippen LogP contribution < -0.4 is 0 Å². The minimum Gasteiger partial charge on any atom is -0.454 e. The average Bonchev–Trinajstić information content (AvgIpc) is 1.54. The van der Waals surface area contributed by atoms with E-state index in [-0.39, 0.29) is 16.6 Å². The maximum absolute atomic E-state index is 13.1. The second-order valence-electron chi connectivity index (χ2n) is 17.6. The van der Waals surface area contributed by atoms with Gasteiger partial charge >= 0.3 is 0 Å². The van der Waals surface area contributed by atoms with Crippen LogP contribution in [0, 0.1) is 22.7 Å². The Balaban J connectivity index is 1.34. The van der Waals surface area contributed by atoms with Crippen LogP contribution in [-0.4, -0.2) is 18.3 Å². The molecule has 7 nitrogen and oxygen atoms in total. The van der Waals surface area contributed by atoms with Crippen molar-refractivity contribution in [2.75, 3.05) is 0 Å². The predicted molar refractivity (Wildman–Crippen MR) is 306 cm³/mol. The minimum absolute atomic E-state index is 0.0694. The Morgan fingerprint density at radius 1 is 0.333 bits per heavy atom. The van der Waals surface area contributed by atoms with E-state index in [1.54, 1.807) is 48.5 Å². The van der Waals surface area contributed by atoms with Gasteiger partial charge in [-0.15, -0.1) is 0 Å². The van der Waals surface area contributed by atoms with Gasteiger partial charge in [0.2, 0.25) is 0 Å². The van der Waals surface area contributed by atoms with Gasteiger partial charge in [-0.1, -0.05) is 169 Å². The van der Waals surface area contributed by atoms with Crippen molar-refractivity contribution in [3.63, 3.8) is 0 Å². The number of aromatic nitrogens is 4. The molecule has 0 fully saturated rings. The van der Waals surface area contributed by atoms with E-state index in [2.05, 4.69) is 12.1 Å². The van der Waals surface area contributed by atoms with Gasteiger partial charge < -0.3 is 22.7 Å². The van der Waals surface area contributed by atoms with E-state index >= 15 is 0 Å². The molecule has 346 valence electrons. The highest BCUT2D eigenvalue weighted by molar-refractivity contribution is 6.23. The number of hydrogen-bond acceptors (Lipinski definition) is 3. The molecule has 0 aliphatic rings. The lowest BCUT2D eigenvalue weighted by Gasteiger charge is -2.27. The fourth-order valence-electron chi connectivity index (χ4n) is 11.0. The molecule has 7 heteroatoms. The first-order valence-electron chi connectivity index (χ1n) is 35.2. The molecular weight excluding hydrogens is 917 g/mol. The summed E-state index contributed by atoms with van der Waals surface area (Å²) in [6.45, 7) is 0. The lowest BCUT2D eigenvalue weighted by Crippen LogP contribution is -2.16. The number of nitrogens with zero attached hydrogens (tertiary/aromatic N) is 6. The molecule has 75 heavy (non-hydrogen) atoms. The second-order valence-corrected chi connectivity index (χ2v) is 17.6. The summed E-state index contributed by atoms with van der Waals surface area (Å²) in [6, 6.07) is 7.03. The Hall–Kier alpha value is -10.6. The summed E-state index contributed by atoms with van der Waals surface area (Å²) in [6.07, 6.45) is 0. The number of benzene rings is 11. The number of hydrogen-bond donors (Lipinski definition) is 0. The highest BCUT2D eigenvalue weighted by Crippen LogP contribution is 2.50. The fourth-order valence-corrected chi connectivity index (χ4v) is 11.0. The van der Waals surface area contributed by atoms with E-state index in [1.165, 1.54) is 4.57 Å². The standard InChI is InChI=1S/C68H38N6O/c69-39-53-63(71-55-27-11-4-20-43(55)44-21-5-12-28-56(44)71)64(72-57-29-13-6-22-45(57)46-23-7-14-30-58(46)72)54(40-70)66(65(53)73-59-31-15-8-24-47(59)48-25-9-16-32-60(48)73)74-61-37-34-42(41-18-2-1-3-19-41)38-52(61)50-35-36-51-49-26-10-17-33-62(49)75-68(51)67(50)74/h1-38H/i4D,5D,6D,7D,8D,9D,11D,12D,13D,14D,15D,16D,20D,21D,22D,23D,24D,25D,27D,28D,29D,30D,31D,32D. The topological polar surface area (TPSA) is 80.4 Å². The number of rotatable bonds is 5. The van der Waals surface area contributed by atoms with Crippen LogP contribution in [0.2, 0.25) is 0 Å². The molecule has 5 aromatic heterocycles. The Bertz CT molecular complexity index is 6460. The van der Waals surface area contributed by atoms with Gasteiger partial charge in [0.1, 0.15) is 28.8 Å². The van der Waals surface area contributed by atoms with E-state index in [4.69, 9.17) is 12.6 Å². The number of furan rings is 1. The highest BCUT2D eigenvalue weighted by Gasteiger charge is 2.35. The minimum atomic E-state index is -0.993. The van der Waals surface area contributed by atoms with Crippen LogP contribution in [0.25, 0.3) is 143 Å². The fraction of sp³-hybridized carbons (Fsp3) is 0. The zero-order chi connectivity index (χ0) is 70.4. The summed E-state index contributed by atoms with van der Waals surface area (Å²) in [5, 5.41) is 24.5. The van der Waals surface area contributed by atoms with Crippen LogP contribution in [0.1, 0.15) is 44.0 Å². The molecule has 0 amide bonds. The Kier molecular flexibility index (Phi) is 4.99. The molecule has 16 rings (SSSR count). The first-order chi connectivity index (χ1) is 47.2. The van der Waals surface area contributed by atoms with Crippen LogP contribution in [-0.2, 0) is 0 Å². The van der Waals surface area contributed by atoms with Gasteiger partial charge in [0.15, 0.2) is 5.58 Å². The van der Waals surface area contributed by atoms with Crippen molar-refractivity contribution in [3.05, 3.63) is 241 Å². The molecule has 0 saturated carbocycles. The number of nitriles is 2. The van der Waals surface area contributed by atoms with Gasteiger partial charge in [-0.25, -0.2) is 0 Å². The Morgan fingerprint density at radius 2 is 0.733 bits per heavy atom. The second kappa shape index (κ2) is 15.5. The van der Waals surface area contributed by atoms with Gasteiger partial charge in [0.25, 0.3) is 0 Å². The quantitative estimate of drug-likeness (QED) is 0.172. The SMILES string of the molecule is [2H]c1c([2H])c([2H])c2c(c1[2H])c1c([2H])c([2H])c([2H])c([2H])c1n2-c1c(C#N)c(-n2c3c([2H])c([2H])c([2H])c([2H])c3c3c([2H])c([2H])c([2H])c([2H])c32)c(-n2c3ccc(-c4ccccc4)cc3c3ccc4c5ccccc5oc4c32)c(C#N)c1-n1c2c([2H])c([2H])c([2H])c([2H])c2c2c([2H])c([2H])c([2H])c([2H])c21. The summed E-state index contributed by atoms with van der Waals surface area (Å²) in [4.78, 5) is 0. The molecule has 0 aliphatic carbocycles. The Morgan fingerprint density at radius 3 is 1.19 bits per heavy atom. The van der Waals surface area contributed by atoms with Crippen LogP contribution >= 0.6 is 0 Å². The summed E-state index contributed by atoms with van der Waals surface area (Å²) in [5.74, 6) is 0. The number of fused-ring (bicyclic) bond motifs is 16. The Labute approximate surface area is 461 Å². The van der Waals surface area contributed by atoms with E-state index in [9.17, 15) is 35.2 Å². The third kappa shape index (κ3) is 5.50. The molecule has 11 aromatic carbocycles. The third-order valence-corrected chi connectivity index (χ3v) is 14.0. The van der Waals surface area contributed by atoms with Crippen molar-refractivity contribution in [1.82, 2.24) is 18.3 Å². The van der Waals surface area contributed by atoms with E-state index in [0.717, 1.165) is 19.3 Å². The summed E-state index contributed by atoms with van der Waals surface area (Å²) < 4.78 is 239. The van der Waals surface area contributed by atoms with E-state index in [1.807, 2.05) is 36.4 Å². The average molecular weight is 979 g/mol. The van der Waals surface area contributed by atoms with Crippen molar-refractivity contribution >= 4 is 109 Å². The summed E-state index contributed by atoms with van der Waals surface area (Å²) in [7, 11) is 0. The van der Waals surface area contributed by atoms with Crippen molar-refractivity contribution in [2.24, 2.45) is 0 Å². The lowest BCUT2D eigenvalue weighted by molar-refractivity contribution is 0.671. The van der Waals surface area contributed by atoms with Gasteiger partial charge in [-0.2, -0.15) is 10.5 Å². The van der Waals surface area contributed by atoms with Crippen LogP contribution in [0.3, 0.4) is 0 Å². The molecule has 0 atom stereocenters. The van der Waals surface area contributed by atoms with Crippen LogP contribution in [0.15, 0.2) is 234 Å². The van der Waals surface area contributed by atoms with Gasteiger partial charge in [0, 0.05) is 53.9 Å². The molecule has 0 aliphatic heterocycles. The molecule has 16 aromatic rings.